The van der Waals surface area contributed by atoms with Gasteiger partial charge >= 0.3 is 0 Å². The molecule has 0 heterocycles. The van der Waals surface area contributed by atoms with E-state index >= 15 is 0 Å². The van der Waals surface area contributed by atoms with Crippen molar-refractivity contribution >= 4 is 32.0 Å². The molecule has 3 nitrogen and oxygen atoms in total. The second kappa shape index (κ2) is 7.02. The van der Waals surface area contributed by atoms with Gasteiger partial charge in [-0.3, -0.25) is 0 Å². The van der Waals surface area contributed by atoms with Gasteiger partial charge in [0, 0.05) is 18.1 Å². The number of halogens is 1. The van der Waals surface area contributed by atoms with Crippen molar-refractivity contribution in [3.05, 3.63) is 70.7 Å². The van der Waals surface area contributed by atoms with Crippen LogP contribution in [0.2, 0.25) is 0 Å². The van der Waals surface area contributed by atoms with Gasteiger partial charge in [0.05, 0.1) is 4.90 Å². The van der Waals surface area contributed by atoms with Crippen LogP contribution in [0.5, 0.6) is 0 Å². The Bertz CT molecular complexity index is 727. The number of benzene rings is 2. The van der Waals surface area contributed by atoms with E-state index in [1.807, 2.05) is 42.5 Å². The minimum Gasteiger partial charge on any atom is -0.207 e. The maximum Gasteiger partial charge on any atom is 0.244 e. The van der Waals surface area contributed by atoms with Gasteiger partial charge in [0.25, 0.3) is 0 Å². The third kappa shape index (κ3) is 4.03. The second-order valence-electron chi connectivity index (χ2n) is 4.53. The molecule has 0 atom stereocenters. The minimum absolute atomic E-state index is 0.278. The molecular weight excluding hydrogens is 350 g/mol. The third-order valence-electron chi connectivity index (χ3n) is 3.00. The van der Waals surface area contributed by atoms with E-state index in [-0.39, 0.29) is 4.90 Å². The Balaban J connectivity index is 2.11. The van der Waals surface area contributed by atoms with E-state index in [0.29, 0.717) is 11.0 Å². The Labute approximate surface area is 134 Å². The van der Waals surface area contributed by atoms with E-state index in [2.05, 4.69) is 15.9 Å². The summed E-state index contributed by atoms with van der Waals surface area (Å²) in [5.41, 5.74) is 1.05. The van der Waals surface area contributed by atoms with Crippen LogP contribution in [0.4, 0.5) is 0 Å². The predicted octanol–water partition coefficient (Wildman–Crippen LogP) is 3.78. The highest BCUT2D eigenvalue weighted by atomic mass is 79.9. The largest absolute Gasteiger partial charge is 0.244 e. The van der Waals surface area contributed by atoms with Crippen LogP contribution in [-0.2, 0) is 10.0 Å². The molecule has 0 aliphatic heterocycles. The zero-order valence-electron chi connectivity index (χ0n) is 11.6. The van der Waals surface area contributed by atoms with E-state index in [1.165, 1.54) is 4.31 Å². The molecule has 0 saturated carbocycles. The molecule has 21 heavy (non-hydrogen) atoms. The average Bonchev–Trinajstić information content (AvgIpc) is 2.48. The van der Waals surface area contributed by atoms with Gasteiger partial charge in [-0.15, -0.1) is 0 Å². The summed E-state index contributed by atoms with van der Waals surface area (Å²) in [6.07, 6.45) is 3.75. The first-order chi connectivity index (χ1) is 10.0. The highest BCUT2D eigenvalue weighted by Gasteiger charge is 2.21. The molecule has 0 N–H and O–H groups in total. The minimum atomic E-state index is -3.49. The normalized spacial score (nSPS) is 12.1. The summed E-state index contributed by atoms with van der Waals surface area (Å²) in [6, 6.07) is 16.6. The van der Waals surface area contributed by atoms with Crippen LogP contribution in [0.25, 0.3) is 6.08 Å². The lowest BCUT2D eigenvalue weighted by Crippen LogP contribution is -2.27. The van der Waals surface area contributed by atoms with Gasteiger partial charge in [0.1, 0.15) is 0 Å². The molecular formula is C16H16BrNO2S. The third-order valence-corrected chi connectivity index (χ3v) is 5.83. The van der Waals surface area contributed by atoms with E-state index in [0.717, 1.165) is 5.56 Å². The first kappa shape index (κ1) is 15.9. The Hall–Kier alpha value is -1.43. The number of rotatable bonds is 5. The van der Waals surface area contributed by atoms with Crippen molar-refractivity contribution in [2.24, 2.45) is 0 Å². The summed E-state index contributed by atoms with van der Waals surface area (Å²) in [7, 11) is -1.92. The van der Waals surface area contributed by atoms with Crippen LogP contribution in [0, 0.1) is 0 Å². The average molecular weight is 366 g/mol. The van der Waals surface area contributed by atoms with Gasteiger partial charge < -0.3 is 0 Å². The van der Waals surface area contributed by atoms with Crippen molar-refractivity contribution in [1.82, 2.24) is 4.31 Å². The highest BCUT2D eigenvalue weighted by Crippen LogP contribution is 2.23. The van der Waals surface area contributed by atoms with Gasteiger partial charge in [0.15, 0.2) is 0 Å². The van der Waals surface area contributed by atoms with E-state index in [9.17, 15) is 8.42 Å². The fourth-order valence-electron chi connectivity index (χ4n) is 1.82. The molecule has 0 aromatic heterocycles. The number of hydrogen-bond donors (Lipinski definition) is 0. The summed E-state index contributed by atoms with van der Waals surface area (Å²) in [5, 5.41) is 0. The number of hydrogen-bond acceptors (Lipinski definition) is 2. The van der Waals surface area contributed by atoms with Crippen LogP contribution < -0.4 is 0 Å². The smallest absolute Gasteiger partial charge is 0.207 e. The molecule has 0 bridgehead atoms. The van der Waals surface area contributed by atoms with Crippen molar-refractivity contribution < 1.29 is 8.42 Å². The van der Waals surface area contributed by atoms with Crippen LogP contribution >= 0.6 is 15.9 Å². The molecule has 0 radical (unpaired) electrons. The van der Waals surface area contributed by atoms with E-state index < -0.39 is 10.0 Å². The monoisotopic (exact) mass is 365 g/mol. The van der Waals surface area contributed by atoms with Gasteiger partial charge in [-0.2, -0.15) is 4.31 Å². The second-order valence-corrected chi connectivity index (χ2v) is 7.40. The lowest BCUT2D eigenvalue weighted by Gasteiger charge is -2.16. The summed E-state index contributed by atoms with van der Waals surface area (Å²) in [5.74, 6) is 0. The maximum atomic E-state index is 12.5. The summed E-state index contributed by atoms with van der Waals surface area (Å²) in [6.45, 7) is 0.318. The zero-order chi connectivity index (χ0) is 15.3. The Morgan fingerprint density at radius 1 is 1.05 bits per heavy atom. The quantitative estimate of drug-likeness (QED) is 0.808. The summed E-state index contributed by atoms with van der Waals surface area (Å²) < 4.78 is 26.8. The topological polar surface area (TPSA) is 37.4 Å². The number of likely N-dealkylation sites (N-methyl/N-ethyl adjacent to an activating group) is 1. The van der Waals surface area contributed by atoms with Crippen molar-refractivity contribution in [2.75, 3.05) is 13.6 Å². The van der Waals surface area contributed by atoms with Crippen LogP contribution in [0.3, 0.4) is 0 Å². The zero-order valence-corrected chi connectivity index (χ0v) is 14.0. The van der Waals surface area contributed by atoms with Crippen LogP contribution in [0.1, 0.15) is 5.56 Å². The highest BCUT2D eigenvalue weighted by molar-refractivity contribution is 9.10. The van der Waals surface area contributed by atoms with Gasteiger partial charge in [0.2, 0.25) is 10.0 Å². The van der Waals surface area contributed by atoms with Crippen molar-refractivity contribution in [2.45, 2.75) is 4.90 Å². The standard InChI is InChI=1S/C16H16BrNO2S/c1-18(13-7-10-14-8-3-2-4-9-14)21(19,20)16-12-6-5-11-15(16)17/h2-12H,13H2,1H3/b10-7+. The first-order valence-corrected chi connectivity index (χ1v) is 8.67. The molecule has 2 aromatic rings. The van der Waals surface area contributed by atoms with E-state index in [1.54, 1.807) is 31.3 Å². The molecule has 2 aromatic carbocycles. The molecule has 0 aliphatic carbocycles. The lowest BCUT2D eigenvalue weighted by molar-refractivity contribution is 0.499. The summed E-state index contributed by atoms with van der Waals surface area (Å²) >= 11 is 3.28. The number of nitrogens with zero attached hydrogens (tertiary/aromatic N) is 1. The maximum absolute atomic E-state index is 12.5. The van der Waals surface area contributed by atoms with E-state index in [4.69, 9.17) is 0 Å². The molecule has 0 amide bonds. The fourth-order valence-corrected chi connectivity index (χ4v) is 3.90. The van der Waals surface area contributed by atoms with Gasteiger partial charge in [-0.1, -0.05) is 54.6 Å². The Morgan fingerprint density at radius 3 is 2.33 bits per heavy atom. The molecule has 5 heteroatoms. The first-order valence-electron chi connectivity index (χ1n) is 6.44. The molecule has 0 fully saturated rings. The summed E-state index contributed by atoms with van der Waals surface area (Å²) in [4.78, 5) is 0.278. The predicted molar refractivity (Wildman–Crippen MR) is 89.4 cm³/mol. The Morgan fingerprint density at radius 2 is 1.67 bits per heavy atom. The van der Waals surface area contributed by atoms with Crippen molar-refractivity contribution in [1.29, 1.82) is 0 Å². The lowest BCUT2D eigenvalue weighted by atomic mass is 10.2. The fraction of sp³-hybridized carbons (Fsp3) is 0.125. The molecule has 0 aliphatic rings. The van der Waals surface area contributed by atoms with Crippen molar-refractivity contribution in [3.63, 3.8) is 0 Å². The molecule has 2 rings (SSSR count). The number of sulfonamides is 1. The molecule has 0 spiro atoms. The van der Waals surface area contributed by atoms with Crippen LogP contribution in [0.15, 0.2) is 70.0 Å². The van der Waals surface area contributed by atoms with Gasteiger partial charge in [-0.25, -0.2) is 8.42 Å². The molecule has 0 unspecified atom stereocenters. The van der Waals surface area contributed by atoms with Crippen LogP contribution in [-0.4, -0.2) is 26.3 Å². The Kier molecular flexibility index (Phi) is 5.33. The molecule has 110 valence electrons. The van der Waals surface area contributed by atoms with Gasteiger partial charge in [-0.05, 0) is 33.6 Å². The van der Waals surface area contributed by atoms with Crippen molar-refractivity contribution in [3.8, 4) is 0 Å². The SMILES string of the molecule is CN(C/C=C/c1ccccc1)S(=O)(=O)c1ccccc1Br. The molecule has 0 saturated heterocycles.